The number of hydrogen-bond donors (Lipinski definition) is 1. The molecular formula is C27H20BrCl2NO4S. The predicted molar refractivity (Wildman–Crippen MR) is 148 cm³/mol. The molecule has 0 fully saturated rings. The van der Waals surface area contributed by atoms with Gasteiger partial charge < -0.3 is 4.74 Å². The van der Waals surface area contributed by atoms with Gasteiger partial charge in [-0.15, -0.1) is 0 Å². The first-order chi connectivity index (χ1) is 17.1. The molecule has 4 rings (SSSR count). The molecule has 0 aliphatic rings. The van der Waals surface area contributed by atoms with E-state index in [4.69, 9.17) is 27.9 Å². The number of fused-ring (bicyclic) bond motifs is 1. The molecule has 9 heteroatoms. The zero-order chi connectivity index (χ0) is 25.9. The van der Waals surface area contributed by atoms with Crippen molar-refractivity contribution in [2.45, 2.75) is 11.3 Å². The lowest BCUT2D eigenvalue weighted by atomic mass is 9.97. The van der Waals surface area contributed by atoms with Gasteiger partial charge in [0.15, 0.2) is 0 Å². The summed E-state index contributed by atoms with van der Waals surface area (Å²) in [4.78, 5) is 12.4. The molecule has 0 saturated heterocycles. The normalized spacial score (nSPS) is 11.7. The second-order valence-electron chi connectivity index (χ2n) is 7.94. The number of ether oxygens (including phenoxy) is 1. The SMILES string of the molecule is COc1ccc(Br)cc1S(=O)(=O)NC(=O)/C=C/c1cc(Cl)ccc1Cc1ccc2cc(Cl)ccc2c1. The van der Waals surface area contributed by atoms with Gasteiger partial charge in [0.1, 0.15) is 10.6 Å². The minimum Gasteiger partial charge on any atom is -0.495 e. The van der Waals surface area contributed by atoms with Crippen molar-refractivity contribution in [3.05, 3.63) is 110 Å². The monoisotopic (exact) mass is 603 g/mol. The fraction of sp³-hybridized carbons (Fsp3) is 0.0741. The summed E-state index contributed by atoms with van der Waals surface area (Å²) >= 11 is 15.5. The molecule has 0 aliphatic carbocycles. The zero-order valence-electron chi connectivity index (χ0n) is 19.0. The summed E-state index contributed by atoms with van der Waals surface area (Å²) in [5, 5.41) is 3.29. The summed E-state index contributed by atoms with van der Waals surface area (Å²) < 4.78 is 33.3. The standard InChI is InChI=1S/C27H20BrCl2NO4S/c1-35-25-10-7-22(28)16-26(25)36(33,34)31-27(32)11-6-21-15-24(30)9-5-19(21)13-17-2-3-20-14-23(29)8-4-18(20)12-17/h2-12,14-16H,13H2,1H3,(H,31,32)/b11-6+. The molecule has 0 heterocycles. The molecule has 0 bridgehead atoms. The molecule has 1 amide bonds. The number of sulfonamides is 1. The number of amides is 1. The summed E-state index contributed by atoms with van der Waals surface area (Å²) in [6, 6.07) is 21.7. The molecule has 0 radical (unpaired) electrons. The lowest BCUT2D eigenvalue weighted by molar-refractivity contribution is -0.114. The minimum absolute atomic E-state index is 0.122. The Morgan fingerprint density at radius 3 is 2.42 bits per heavy atom. The quantitative estimate of drug-likeness (QED) is 0.230. The number of carbonyl (C=O) groups excluding carboxylic acids is 1. The summed E-state index contributed by atoms with van der Waals surface area (Å²) in [6.45, 7) is 0. The molecule has 4 aromatic rings. The Labute approximate surface area is 227 Å². The van der Waals surface area contributed by atoms with E-state index in [0.29, 0.717) is 26.5 Å². The second-order valence-corrected chi connectivity index (χ2v) is 11.4. The Hall–Kier alpha value is -2.84. The van der Waals surface area contributed by atoms with E-state index < -0.39 is 15.9 Å². The van der Waals surface area contributed by atoms with Crippen molar-refractivity contribution in [3.63, 3.8) is 0 Å². The average Bonchev–Trinajstić information content (AvgIpc) is 2.84. The molecule has 0 aromatic heterocycles. The number of nitrogens with one attached hydrogen (secondary N) is 1. The van der Waals surface area contributed by atoms with Crippen LogP contribution in [0, 0.1) is 0 Å². The van der Waals surface area contributed by atoms with Crippen LogP contribution in [0.5, 0.6) is 5.75 Å². The van der Waals surface area contributed by atoms with Gasteiger partial charge in [-0.3, -0.25) is 4.79 Å². The number of halogens is 3. The van der Waals surface area contributed by atoms with Gasteiger partial charge in [0.2, 0.25) is 0 Å². The van der Waals surface area contributed by atoms with Crippen LogP contribution in [0.3, 0.4) is 0 Å². The van der Waals surface area contributed by atoms with Gasteiger partial charge in [-0.1, -0.05) is 69.5 Å². The van der Waals surface area contributed by atoms with E-state index in [1.807, 2.05) is 36.4 Å². The maximum Gasteiger partial charge on any atom is 0.268 e. The molecule has 0 spiro atoms. The van der Waals surface area contributed by atoms with Crippen LogP contribution in [0.2, 0.25) is 10.0 Å². The van der Waals surface area contributed by atoms with Gasteiger partial charge in [-0.25, -0.2) is 13.1 Å². The Morgan fingerprint density at radius 2 is 1.64 bits per heavy atom. The van der Waals surface area contributed by atoms with Crippen molar-refractivity contribution in [3.8, 4) is 5.75 Å². The van der Waals surface area contributed by atoms with Crippen LogP contribution < -0.4 is 9.46 Å². The summed E-state index contributed by atoms with van der Waals surface area (Å²) in [6.07, 6.45) is 3.30. The first kappa shape index (κ1) is 26.2. The molecule has 5 nitrogen and oxygen atoms in total. The Kier molecular flexibility index (Phi) is 8.05. The molecule has 184 valence electrons. The lowest BCUT2D eigenvalue weighted by Crippen LogP contribution is -2.29. The molecule has 0 aliphatic heterocycles. The maximum atomic E-state index is 12.8. The van der Waals surface area contributed by atoms with Crippen molar-refractivity contribution in [2.75, 3.05) is 7.11 Å². The van der Waals surface area contributed by atoms with Crippen LogP contribution in [0.15, 0.2) is 88.2 Å². The first-order valence-corrected chi connectivity index (χ1v) is 13.7. The Morgan fingerprint density at radius 1 is 0.944 bits per heavy atom. The highest BCUT2D eigenvalue weighted by molar-refractivity contribution is 9.10. The molecule has 0 atom stereocenters. The van der Waals surface area contributed by atoms with E-state index in [2.05, 4.69) is 26.7 Å². The molecule has 4 aromatic carbocycles. The van der Waals surface area contributed by atoms with E-state index in [-0.39, 0.29) is 10.6 Å². The number of benzene rings is 4. The van der Waals surface area contributed by atoms with Crippen LogP contribution in [-0.4, -0.2) is 21.4 Å². The van der Waals surface area contributed by atoms with Crippen molar-refractivity contribution in [1.82, 2.24) is 4.72 Å². The highest BCUT2D eigenvalue weighted by Gasteiger charge is 2.21. The van der Waals surface area contributed by atoms with E-state index in [0.717, 1.165) is 21.9 Å². The minimum atomic E-state index is -4.16. The van der Waals surface area contributed by atoms with Crippen molar-refractivity contribution in [1.29, 1.82) is 0 Å². The van der Waals surface area contributed by atoms with Gasteiger partial charge >= 0.3 is 0 Å². The van der Waals surface area contributed by atoms with E-state index in [9.17, 15) is 13.2 Å². The largest absolute Gasteiger partial charge is 0.495 e. The molecule has 1 N–H and O–H groups in total. The fourth-order valence-corrected chi connectivity index (χ4v) is 5.74. The molecular weight excluding hydrogens is 585 g/mol. The third-order valence-corrected chi connectivity index (χ3v) is 7.77. The van der Waals surface area contributed by atoms with Gasteiger partial charge in [0.05, 0.1) is 7.11 Å². The second kappa shape index (κ2) is 11.0. The van der Waals surface area contributed by atoms with E-state index in [1.165, 1.54) is 25.3 Å². The molecule has 0 saturated carbocycles. The predicted octanol–water partition coefficient (Wildman–Crippen LogP) is 7.03. The third kappa shape index (κ3) is 6.28. The van der Waals surface area contributed by atoms with Crippen LogP contribution in [0.4, 0.5) is 0 Å². The highest BCUT2D eigenvalue weighted by Crippen LogP contribution is 2.28. The number of methoxy groups -OCH3 is 1. The van der Waals surface area contributed by atoms with E-state index >= 15 is 0 Å². The lowest BCUT2D eigenvalue weighted by Gasteiger charge is -2.10. The molecule has 36 heavy (non-hydrogen) atoms. The fourth-order valence-electron chi connectivity index (χ4n) is 3.73. The van der Waals surface area contributed by atoms with Gasteiger partial charge in [-0.2, -0.15) is 0 Å². The maximum absolute atomic E-state index is 12.8. The topological polar surface area (TPSA) is 72.5 Å². The van der Waals surface area contributed by atoms with Crippen molar-refractivity contribution >= 4 is 71.9 Å². The summed E-state index contributed by atoms with van der Waals surface area (Å²) in [5.74, 6) is -0.678. The summed E-state index contributed by atoms with van der Waals surface area (Å²) in [5.41, 5.74) is 2.69. The van der Waals surface area contributed by atoms with Gasteiger partial charge in [-0.05, 0) is 82.4 Å². The van der Waals surface area contributed by atoms with Gasteiger partial charge in [0, 0.05) is 20.6 Å². The Bertz CT molecular complexity index is 1600. The average molecular weight is 605 g/mol. The van der Waals surface area contributed by atoms with Gasteiger partial charge in [0.25, 0.3) is 15.9 Å². The number of carbonyl (C=O) groups is 1. The summed E-state index contributed by atoms with van der Waals surface area (Å²) in [7, 11) is -2.80. The number of rotatable bonds is 7. The third-order valence-electron chi connectivity index (χ3n) is 5.43. The van der Waals surface area contributed by atoms with Crippen LogP contribution in [-0.2, 0) is 21.2 Å². The number of hydrogen-bond acceptors (Lipinski definition) is 4. The van der Waals surface area contributed by atoms with Crippen LogP contribution in [0.25, 0.3) is 16.8 Å². The molecule has 0 unspecified atom stereocenters. The van der Waals surface area contributed by atoms with E-state index in [1.54, 1.807) is 24.3 Å². The van der Waals surface area contributed by atoms with Crippen LogP contribution >= 0.6 is 39.1 Å². The highest BCUT2D eigenvalue weighted by atomic mass is 79.9. The van der Waals surface area contributed by atoms with Crippen molar-refractivity contribution in [2.24, 2.45) is 0 Å². The smallest absolute Gasteiger partial charge is 0.268 e. The first-order valence-electron chi connectivity index (χ1n) is 10.7. The van der Waals surface area contributed by atoms with Crippen LogP contribution in [0.1, 0.15) is 16.7 Å². The Balaban J connectivity index is 1.56. The zero-order valence-corrected chi connectivity index (χ0v) is 22.9. The van der Waals surface area contributed by atoms with Crippen molar-refractivity contribution < 1.29 is 17.9 Å².